The SMILES string of the molecule is FC(F)(F)c1ccc(-c2c3c4c(c5ccccc25)c2ccccc2n4CCC3)cc1. The molecular formula is C26H18F3N. The molecule has 0 saturated heterocycles. The van der Waals surface area contributed by atoms with Crippen LogP contribution < -0.4 is 0 Å². The molecule has 0 atom stereocenters. The average molecular weight is 401 g/mol. The van der Waals surface area contributed by atoms with Gasteiger partial charge >= 0.3 is 6.18 Å². The monoisotopic (exact) mass is 401 g/mol. The number of aromatic nitrogens is 1. The van der Waals surface area contributed by atoms with E-state index in [1.807, 2.05) is 12.1 Å². The summed E-state index contributed by atoms with van der Waals surface area (Å²) in [6.45, 7) is 0.960. The van der Waals surface area contributed by atoms with E-state index in [0.29, 0.717) is 0 Å². The van der Waals surface area contributed by atoms with Gasteiger partial charge in [-0.2, -0.15) is 13.2 Å². The maximum atomic E-state index is 13.1. The summed E-state index contributed by atoms with van der Waals surface area (Å²) in [6.07, 6.45) is -2.38. The third kappa shape index (κ3) is 2.37. The quantitative estimate of drug-likeness (QED) is 0.273. The van der Waals surface area contributed by atoms with Gasteiger partial charge in [-0.15, -0.1) is 0 Å². The fourth-order valence-corrected chi connectivity index (χ4v) is 5.14. The molecule has 0 radical (unpaired) electrons. The molecule has 0 unspecified atom stereocenters. The number of hydrogen-bond donors (Lipinski definition) is 0. The molecule has 0 aliphatic carbocycles. The Kier molecular flexibility index (Phi) is 3.58. The van der Waals surface area contributed by atoms with Gasteiger partial charge in [0.1, 0.15) is 0 Å². The molecule has 6 rings (SSSR count). The Bertz CT molecular complexity index is 1440. The lowest BCUT2D eigenvalue weighted by Crippen LogP contribution is -2.09. The van der Waals surface area contributed by atoms with E-state index in [-0.39, 0.29) is 0 Å². The summed E-state index contributed by atoms with van der Waals surface area (Å²) in [6, 6.07) is 22.4. The molecule has 1 aliphatic rings. The number of benzene rings is 4. The van der Waals surface area contributed by atoms with Crippen molar-refractivity contribution in [3.05, 3.63) is 83.9 Å². The van der Waals surface area contributed by atoms with Crippen LogP contribution >= 0.6 is 0 Å². The zero-order valence-corrected chi connectivity index (χ0v) is 16.1. The van der Waals surface area contributed by atoms with E-state index >= 15 is 0 Å². The molecule has 4 aromatic carbocycles. The number of rotatable bonds is 1. The predicted octanol–water partition coefficient (Wildman–Crippen LogP) is 7.58. The Morgan fingerprint density at radius 3 is 2.13 bits per heavy atom. The summed E-state index contributed by atoms with van der Waals surface area (Å²) in [5.74, 6) is 0. The molecule has 148 valence electrons. The van der Waals surface area contributed by atoms with E-state index in [1.165, 1.54) is 39.5 Å². The van der Waals surface area contributed by atoms with Crippen LogP contribution in [0.3, 0.4) is 0 Å². The highest BCUT2D eigenvalue weighted by Gasteiger charge is 2.30. The Hall–Kier alpha value is -3.27. The molecule has 5 aromatic rings. The van der Waals surface area contributed by atoms with Crippen LogP contribution in [0, 0.1) is 0 Å². The molecule has 1 aliphatic heterocycles. The molecule has 1 nitrogen and oxygen atoms in total. The molecule has 30 heavy (non-hydrogen) atoms. The molecule has 0 bridgehead atoms. The molecule has 0 spiro atoms. The van der Waals surface area contributed by atoms with Gasteiger partial charge in [0.25, 0.3) is 0 Å². The fourth-order valence-electron chi connectivity index (χ4n) is 5.14. The van der Waals surface area contributed by atoms with Crippen molar-refractivity contribution < 1.29 is 13.2 Å². The van der Waals surface area contributed by atoms with Gasteiger partial charge in [-0.05, 0) is 58.5 Å². The van der Waals surface area contributed by atoms with Crippen molar-refractivity contribution in [2.45, 2.75) is 25.6 Å². The van der Waals surface area contributed by atoms with Gasteiger partial charge in [-0.1, -0.05) is 54.6 Å². The predicted molar refractivity (Wildman–Crippen MR) is 116 cm³/mol. The number of fused-ring (bicyclic) bond motifs is 5. The second-order valence-corrected chi connectivity index (χ2v) is 7.97. The number of hydrogen-bond acceptors (Lipinski definition) is 0. The summed E-state index contributed by atoms with van der Waals surface area (Å²) in [4.78, 5) is 0. The zero-order chi connectivity index (χ0) is 20.5. The van der Waals surface area contributed by atoms with Crippen molar-refractivity contribution in [1.82, 2.24) is 4.57 Å². The number of aryl methyl sites for hydroxylation is 2. The van der Waals surface area contributed by atoms with Gasteiger partial charge < -0.3 is 4.57 Å². The van der Waals surface area contributed by atoms with Gasteiger partial charge in [-0.3, -0.25) is 0 Å². The lowest BCUT2D eigenvalue weighted by atomic mass is 9.87. The molecule has 1 aromatic heterocycles. The van der Waals surface area contributed by atoms with Crippen LogP contribution in [-0.2, 0) is 19.1 Å². The average Bonchev–Trinajstić information content (AvgIpc) is 3.10. The minimum Gasteiger partial charge on any atom is -0.340 e. The number of halogens is 3. The van der Waals surface area contributed by atoms with E-state index in [4.69, 9.17) is 0 Å². The van der Waals surface area contributed by atoms with Crippen LogP contribution in [0.5, 0.6) is 0 Å². The number of para-hydroxylation sites is 1. The van der Waals surface area contributed by atoms with Crippen molar-refractivity contribution in [2.75, 3.05) is 0 Å². The maximum absolute atomic E-state index is 13.1. The summed E-state index contributed by atoms with van der Waals surface area (Å²) < 4.78 is 41.7. The van der Waals surface area contributed by atoms with Gasteiger partial charge in [0.05, 0.1) is 11.1 Å². The number of nitrogens with zero attached hydrogens (tertiary/aromatic N) is 1. The smallest absolute Gasteiger partial charge is 0.340 e. The Labute approximate surface area is 171 Å². The first-order valence-corrected chi connectivity index (χ1v) is 10.2. The number of alkyl halides is 3. The highest BCUT2D eigenvalue weighted by molar-refractivity contribution is 6.25. The standard InChI is InChI=1S/C26H18F3N/c27-26(28,29)17-13-11-16(12-14-17)23-18-6-1-2-7-19(18)24-20-8-3-4-10-22(20)30-15-5-9-21(23)25(24)30/h1-4,6-8,10-14H,5,9,15H2. The van der Waals surface area contributed by atoms with Crippen LogP contribution in [0.1, 0.15) is 17.5 Å². The molecule has 2 heterocycles. The van der Waals surface area contributed by atoms with Gasteiger partial charge in [0.15, 0.2) is 0 Å². The van der Waals surface area contributed by atoms with Crippen molar-refractivity contribution in [1.29, 1.82) is 0 Å². The van der Waals surface area contributed by atoms with Crippen molar-refractivity contribution >= 4 is 32.6 Å². The van der Waals surface area contributed by atoms with Crippen molar-refractivity contribution in [2.24, 2.45) is 0 Å². The maximum Gasteiger partial charge on any atom is 0.416 e. The van der Waals surface area contributed by atoms with Crippen LogP contribution in [0.25, 0.3) is 43.7 Å². The summed E-state index contributed by atoms with van der Waals surface area (Å²) in [7, 11) is 0. The Morgan fingerprint density at radius 1 is 0.733 bits per heavy atom. The molecule has 0 N–H and O–H groups in total. The van der Waals surface area contributed by atoms with Crippen LogP contribution in [0.4, 0.5) is 13.2 Å². The summed E-state index contributed by atoms with van der Waals surface area (Å²) in [5, 5.41) is 4.75. The Balaban J connectivity index is 1.77. The van der Waals surface area contributed by atoms with Crippen LogP contribution in [0.2, 0.25) is 0 Å². The van der Waals surface area contributed by atoms with Gasteiger partial charge in [0.2, 0.25) is 0 Å². The first-order chi connectivity index (χ1) is 14.5. The normalized spacial score (nSPS) is 14.1. The molecular weight excluding hydrogens is 383 g/mol. The lowest BCUT2D eigenvalue weighted by Gasteiger charge is -2.22. The van der Waals surface area contributed by atoms with E-state index in [9.17, 15) is 13.2 Å². The minimum absolute atomic E-state index is 0.612. The second-order valence-electron chi connectivity index (χ2n) is 7.97. The lowest BCUT2D eigenvalue weighted by molar-refractivity contribution is -0.137. The third-order valence-electron chi connectivity index (χ3n) is 6.33. The van der Waals surface area contributed by atoms with Crippen molar-refractivity contribution in [3.63, 3.8) is 0 Å². The van der Waals surface area contributed by atoms with Crippen LogP contribution in [0.15, 0.2) is 72.8 Å². The second kappa shape index (κ2) is 6.11. The summed E-state index contributed by atoms with van der Waals surface area (Å²) in [5.41, 5.74) is 5.00. The fraction of sp³-hybridized carbons (Fsp3) is 0.154. The molecule has 4 heteroatoms. The molecule has 0 saturated carbocycles. The first kappa shape index (κ1) is 17.6. The Morgan fingerprint density at radius 2 is 1.40 bits per heavy atom. The third-order valence-corrected chi connectivity index (χ3v) is 6.33. The molecule has 0 amide bonds. The topological polar surface area (TPSA) is 4.93 Å². The minimum atomic E-state index is -4.33. The van der Waals surface area contributed by atoms with E-state index in [0.717, 1.165) is 41.3 Å². The van der Waals surface area contributed by atoms with Crippen molar-refractivity contribution in [3.8, 4) is 11.1 Å². The largest absolute Gasteiger partial charge is 0.416 e. The summed E-state index contributed by atoms with van der Waals surface area (Å²) >= 11 is 0. The highest BCUT2D eigenvalue weighted by atomic mass is 19.4. The molecule has 0 fully saturated rings. The van der Waals surface area contributed by atoms with Gasteiger partial charge in [0, 0.05) is 22.8 Å². The van der Waals surface area contributed by atoms with E-state index in [2.05, 4.69) is 41.0 Å². The van der Waals surface area contributed by atoms with E-state index in [1.54, 1.807) is 12.1 Å². The zero-order valence-electron chi connectivity index (χ0n) is 16.1. The van der Waals surface area contributed by atoms with E-state index < -0.39 is 11.7 Å². The van der Waals surface area contributed by atoms with Gasteiger partial charge in [-0.25, -0.2) is 0 Å². The first-order valence-electron chi connectivity index (χ1n) is 10.2. The highest BCUT2D eigenvalue weighted by Crippen LogP contribution is 2.45. The van der Waals surface area contributed by atoms with Crippen LogP contribution in [-0.4, -0.2) is 4.57 Å².